The van der Waals surface area contributed by atoms with E-state index in [2.05, 4.69) is 10.6 Å². The van der Waals surface area contributed by atoms with Crippen LogP contribution in [0.4, 0.5) is 14.5 Å². The molecule has 1 aromatic carbocycles. The first-order valence-electron chi connectivity index (χ1n) is 6.37. The standard InChI is InChI=1S/C13H15F2N3O3/c14-9-5-10(15)11(4-8(9)13(16)20)18-12(19)3-7-6-21-2-1-17-7/h4-5,7,17H,1-3,6H2,(H2,16,20)(H,18,19). The first-order chi connectivity index (χ1) is 9.97. The van der Waals surface area contributed by atoms with Gasteiger partial charge in [-0.15, -0.1) is 0 Å². The molecule has 1 saturated heterocycles. The number of amides is 2. The van der Waals surface area contributed by atoms with E-state index in [0.29, 0.717) is 25.8 Å². The van der Waals surface area contributed by atoms with Gasteiger partial charge >= 0.3 is 0 Å². The van der Waals surface area contributed by atoms with Crippen LogP contribution in [0.25, 0.3) is 0 Å². The highest BCUT2D eigenvalue weighted by molar-refractivity contribution is 5.96. The predicted octanol–water partition coefficient (Wildman–Crippen LogP) is 0.381. The third-order valence-electron chi connectivity index (χ3n) is 3.03. The van der Waals surface area contributed by atoms with Crippen LogP contribution in [-0.2, 0) is 9.53 Å². The number of rotatable bonds is 4. The van der Waals surface area contributed by atoms with E-state index in [1.807, 2.05) is 0 Å². The van der Waals surface area contributed by atoms with Gasteiger partial charge in [0, 0.05) is 25.1 Å². The largest absolute Gasteiger partial charge is 0.378 e. The molecule has 6 nitrogen and oxygen atoms in total. The van der Waals surface area contributed by atoms with Gasteiger partial charge in [0.2, 0.25) is 5.91 Å². The molecule has 1 aromatic rings. The summed E-state index contributed by atoms with van der Waals surface area (Å²) in [6.45, 7) is 1.59. The Balaban J connectivity index is 2.06. The van der Waals surface area contributed by atoms with E-state index in [0.717, 1.165) is 6.07 Å². The van der Waals surface area contributed by atoms with Crippen LogP contribution in [0.3, 0.4) is 0 Å². The highest BCUT2D eigenvalue weighted by Crippen LogP contribution is 2.19. The average molecular weight is 299 g/mol. The quantitative estimate of drug-likeness (QED) is 0.749. The first-order valence-corrected chi connectivity index (χ1v) is 6.37. The zero-order valence-corrected chi connectivity index (χ0v) is 11.1. The molecule has 1 unspecified atom stereocenters. The van der Waals surface area contributed by atoms with E-state index < -0.39 is 29.0 Å². The third-order valence-corrected chi connectivity index (χ3v) is 3.03. The van der Waals surface area contributed by atoms with Crippen LogP contribution in [0.5, 0.6) is 0 Å². The van der Waals surface area contributed by atoms with E-state index in [1.165, 1.54) is 0 Å². The van der Waals surface area contributed by atoms with Crippen LogP contribution in [0.15, 0.2) is 12.1 Å². The molecule has 8 heteroatoms. The molecule has 1 fully saturated rings. The molecular weight excluding hydrogens is 284 g/mol. The summed E-state index contributed by atoms with van der Waals surface area (Å²) < 4.78 is 32.1. The lowest BCUT2D eigenvalue weighted by molar-refractivity contribution is -0.117. The minimum Gasteiger partial charge on any atom is -0.378 e. The summed E-state index contributed by atoms with van der Waals surface area (Å²) in [7, 11) is 0. The van der Waals surface area contributed by atoms with Crippen molar-refractivity contribution < 1.29 is 23.1 Å². The van der Waals surface area contributed by atoms with Gasteiger partial charge in [0.25, 0.3) is 5.91 Å². The normalized spacial score (nSPS) is 18.3. The van der Waals surface area contributed by atoms with Gasteiger partial charge in [-0.25, -0.2) is 8.78 Å². The van der Waals surface area contributed by atoms with Gasteiger partial charge in [0.15, 0.2) is 0 Å². The van der Waals surface area contributed by atoms with Crippen molar-refractivity contribution in [1.29, 1.82) is 0 Å². The number of anilines is 1. The third kappa shape index (κ3) is 3.96. The van der Waals surface area contributed by atoms with E-state index in [4.69, 9.17) is 10.5 Å². The Bertz CT molecular complexity index is 560. The molecule has 0 radical (unpaired) electrons. The topological polar surface area (TPSA) is 93.5 Å². The number of hydrogen-bond acceptors (Lipinski definition) is 4. The molecule has 2 rings (SSSR count). The minimum absolute atomic E-state index is 0.0721. The fraction of sp³-hybridized carbons (Fsp3) is 0.385. The number of nitrogens with one attached hydrogen (secondary N) is 2. The second-order valence-electron chi connectivity index (χ2n) is 4.65. The first kappa shape index (κ1) is 15.3. The number of morpholine rings is 1. The molecule has 21 heavy (non-hydrogen) atoms. The highest BCUT2D eigenvalue weighted by Gasteiger charge is 2.19. The maximum atomic E-state index is 13.6. The monoisotopic (exact) mass is 299 g/mol. The van der Waals surface area contributed by atoms with Gasteiger partial charge in [-0.05, 0) is 6.07 Å². The molecule has 1 atom stereocenters. The Morgan fingerprint density at radius 2 is 2.14 bits per heavy atom. The molecule has 0 aromatic heterocycles. The van der Waals surface area contributed by atoms with Crippen LogP contribution in [0.1, 0.15) is 16.8 Å². The van der Waals surface area contributed by atoms with Crippen molar-refractivity contribution in [2.45, 2.75) is 12.5 Å². The smallest absolute Gasteiger partial charge is 0.251 e. The Morgan fingerprint density at radius 3 is 2.76 bits per heavy atom. The van der Waals surface area contributed by atoms with Crippen LogP contribution < -0.4 is 16.4 Å². The number of primary amides is 1. The average Bonchev–Trinajstić information content (AvgIpc) is 2.42. The molecule has 1 aliphatic rings. The molecule has 0 saturated carbocycles. The van der Waals surface area contributed by atoms with E-state index in [9.17, 15) is 18.4 Å². The minimum atomic E-state index is -1.07. The van der Waals surface area contributed by atoms with Crippen LogP contribution in [0, 0.1) is 11.6 Å². The molecule has 114 valence electrons. The van der Waals surface area contributed by atoms with Crippen LogP contribution in [-0.4, -0.2) is 37.6 Å². The van der Waals surface area contributed by atoms with Crippen molar-refractivity contribution in [3.63, 3.8) is 0 Å². The fourth-order valence-corrected chi connectivity index (χ4v) is 2.01. The Hall–Kier alpha value is -2.06. The van der Waals surface area contributed by atoms with Gasteiger partial charge in [-0.2, -0.15) is 0 Å². The highest BCUT2D eigenvalue weighted by atomic mass is 19.1. The summed E-state index contributed by atoms with van der Waals surface area (Å²) in [5, 5.41) is 5.37. The van der Waals surface area contributed by atoms with E-state index in [1.54, 1.807) is 0 Å². The van der Waals surface area contributed by atoms with Crippen molar-refractivity contribution in [2.75, 3.05) is 25.1 Å². The SMILES string of the molecule is NC(=O)c1cc(NC(=O)CC2COCCN2)c(F)cc1F. The van der Waals surface area contributed by atoms with Crippen LogP contribution >= 0.6 is 0 Å². The van der Waals surface area contributed by atoms with Gasteiger partial charge in [-0.3, -0.25) is 9.59 Å². The number of benzene rings is 1. The zero-order valence-electron chi connectivity index (χ0n) is 11.1. The van der Waals surface area contributed by atoms with Crippen molar-refractivity contribution >= 4 is 17.5 Å². The van der Waals surface area contributed by atoms with Crippen LogP contribution in [0.2, 0.25) is 0 Å². The van der Waals surface area contributed by atoms with Crippen molar-refractivity contribution in [3.05, 3.63) is 29.3 Å². The second-order valence-corrected chi connectivity index (χ2v) is 4.65. The maximum Gasteiger partial charge on any atom is 0.251 e. The number of nitrogens with two attached hydrogens (primary N) is 1. The molecule has 4 N–H and O–H groups in total. The predicted molar refractivity (Wildman–Crippen MR) is 70.7 cm³/mol. The summed E-state index contributed by atoms with van der Waals surface area (Å²) in [4.78, 5) is 22.8. The van der Waals surface area contributed by atoms with Gasteiger partial charge in [0.05, 0.1) is 24.5 Å². The number of ether oxygens (including phenoxy) is 1. The van der Waals surface area contributed by atoms with Gasteiger partial charge in [0.1, 0.15) is 11.6 Å². The number of carbonyl (C=O) groups excluding carboxylic acids is 2. The summed E-state index contributed by atoms with van der Waals surface area (Å²) in [5.41, 5.74) is 4.21. The number of carbonyl (C=O) groups is 2. The van der Waals surface area contributed by atoms with E-state index >= 15 is 0 Å². The molecule has 0 bridgehead atoms. The van der Waals surface area contributed by atoms with Crippen molar-refractivity contribution in [1.82, 2.24) is 5.32 Å². The Morgan fingerprint density at radius 1 is 1.38 bits per heavy atom. The summed E-state index contributed by atoms with van der Waals surface area (Å²) in [6, 6.07) is 1.23. The van der Waals surface area contributed by atoms with Crippen molar-refractivity contribution in [2.24, 2.45) is 5.73 Å². The molecule has 1 aliphatic heterocycles. The molecule has 2 amide bonds. The lowest BCUT2D eigenvalue weighted by atomic mass is 10.1. The van der Waals surface area contributed by atoms with Crippen molar-refractivity contribution in [3.8, 4) is 0 Å². The fourth-order valence-electron chi connectivity index (χ4n) is 2.01. The summed E-state index contributed by atoms with van der Waals surface area (Å²) in [5.74, 6) is -3.55. The number of hydrogen-bond donors (Lipinski definition) is 3. The summed E-state index contributed by atoms with van der Waals surface area (Å²) in [6.07, 6.45) is 0.0721. The lowest BCUT2D eigenvalue weighted by Crippen LogP contribution is -2.43. The molecular formula is C13H15F2N3O3. The zero-order chi connectivity index (χ0) is 15.4. The van der Waals surface area contributed by atoms with E-state index in [-0.39, 0.29) is 18.2 Å². The second kappa shape index (κ2) is 6.59. The maximum absolute atomic E-state index is 13.6. The number of halogens is 2. The Kier molecular flexibility index (Phi) is 4.81. The van der Waals surface area contributed by atoms with Gasteiger partial charge < -0.3 is 21.1 Å². The molecule has 1 heterocycles. The molecule has 0 spiro atoms. The Labute approximate surface area is 119 Å². The molecule has 0 aliphatic carbocycles. The summed E-state index contributed by atoms with van der Waals surface area (Å²) >= 11 is 0. The van der Waals surface area contributed by atoms with Gasteiger partial charge in [-0.1, -0.05) is 0 Å². The lowest BCUT2D eigenvalue weighted by Gasteiger charge is -2.23.